The van der Waals surface area contributed by atoms with Crippen LogP contribution in [0, 0.1) is 5.82 Å². The molecule has 28 heavy (non-hydrogen) atoms. The highest BCUT2D eigenvalue weighted by Crippen LogP contribution is 2.50. The zero-order valence-electron chi connectivity index (χ0n) is 15.6. The molecule has 1 aliphatic rings. The van der Waals surface area contributed by atoms with Gasteiger partial charge in [-0.25, -0.2) is 17.6 Å². The van der Waals surface area contributed by atoms with E-state index in [4.69, 9.17) is 5.73 Å². The highest BCUT2D eigenvalue weighted by molar-refractivity contribution is 5.95. The highest BCUT2D eigenvalue weighted by atomic mass is 19.3. The summed E-state index contributed by atoms with van der Waals surface area (Å²) in [6.45, 7) is 1.93. The van der Waals surface area contributed by atoms with Gasteiger partial charge in [-0.05, 0) is 37.6 Å². The average Bonchev–Trinajstić information content (AvgIpc) is 3.01. The molecule has 3 rings (SSSR count). The number of carbonyl (C=O) groups excluding carboxylic acids is 1. The van der Waals surface area contributed by atoms with E-state index in [0.717, 1.165) is 26.0 Å². The summed E-state index contributed by atoms with van der Waals surface area (Å²) in [5, 5.41) is 3.99. The van der Waals surface area contributed by atoms with Crippen LogP contribution < -0.4 is 5.73 Å². The summed E-state index contributed by atoms with van der Waals surface area (Å²) < 4.78 is 59.8. The number of amidine groups is 1. The molecule has 2 aromatic rings. The van der Waals surface area contributed by atoms with Gasteiger partial charge in [0.25, 0.3) is 5.92 Å². The number of nitrogens with two attached hydrogens (primary N) is 1. The number of nitrogens with zero attached hydrogens (tertiary/aromatic N) is 3. The first-order valence-corrected chi connectivity index (χ1v) is 8.60. The molecule has 0 spiro atoms. The molecule has 1 aliphatic heterocycles. The molecule has 150 valence electrons. The van der Waals surface area contributed by atoms with E-state index in [2.05, 4.69) is 10.1 Å². The Kier molecular flexibility index (Phi) is 4.60. The molecule has 0 amide bonds. The maximum absolute atomic E-state index is 14.8. The first-order valence-electron chi connectivity index (χ1n) is 8.60. The Bertz CT molecular complexity index is 967. The number of alkyl halides is 3. The predicted molar refractivity (Wildman–Crippen MR) is 95.7 cm³/mol. The van der Waals surface area contributed by atoms with Gasteiger partial charge in [-0.3, -0.25) is 14.5 Å². The van der Waals surface area contributed by atoms with Crippen molar-refractivity contribution in [3.8, 4) is 0 Å². The van der Waals surface area contributed by atoms with Crippen molar-refractivity contribution < 1.29 is 22.4 Å². The lowest BCUT2D eigenvalue weighted by Gasteiger charge is -2.42. The molecule has 0 radical (unpaired) electrons. The minimum atomic E-state index is -3.69. The summed E-state index contributed by atoms with van der Waals surface area (Å²) >= 11 is 0. The van der Waals surface area contributed by atoms with Gasteiger partial charge < -0.3 is 5.73 Å². The second-order valence-corrected chi connectivity index (χ2v) is 7.44. The monoisotopic (exact) mass is 396 g/mol. The first kappa shape index (κ1) is 20.0. The van der Waals surface area contributed by atoms with Crippen molar-refractivity contribution in [2.24, 2.45) is 17.8 Å². The molecule has 0 saturated heterocycles. The molecule has 5 nitrogen and oxygen atoms in total. The number of halogens is 4. The van der Waals surface area contributed by atoms with E-state index in [-0.39, 0.29) is 17.9 Å². The van der Waals surface area contributed by atoms with Gasteiger partial charge in [0.05, 0.1) is 6.42 Å². The Hall–Kier alpha value is -2.71. The summed E-state index contributed by atoms with van der Waals surface area (Å²) in [4.78, 5) is 16.0. The van der Waals surface area contributed by atoms with Crippen LogP contribution in [0.4, 0.5) is 17.6 Å². The summed E-state index contributed by atoms with van der Waals surface area (Å²) in [7, 11) is 1.65. The zero-order chi connectivity index (χ0) is 20.9. The van der Waals surface area contributed by atoms with Gasteiger partial charge in [0.2, 0.25) is 0 Å². The summed E-state index contributed by atoms with van der Waals surface area (Å²) in [6, 6.07) is 5.00. The Morgan fingerprint density at radius 1 is 1.25 bits per heavy atom. The normalized spacial score (nSPS) is 26.8. The number of aliphatic imine (C=N–C) groups is 1. The first-order chi connectivity index (χ1) is 12.9. The van der Waals surface area contributed by atoms with Gasteiger partial charge in [-0.1, -0.05) is 6.07 Å². The number of aryl methyl sites for hydroxylation is 1. The van der Waals surface area contributed by atoms with Crippen LogP contribution in [0.2, 0.25) is 0 Å². The summed E-state index contributed by atoms with van der Waals surface area (Å²) in [5.74, 6) is -5.59. The van der Waals surface area contributed by atoms with Crippen LogP contribution >= 0.6 is 0 Å². The van der Waals surface area contributed by atoms with Crippen molar-refractivity contribution in [1.82, 2.24) is 9.78 Å². The quantitative estimate of drug-likeness (QED) is 0.637. The molecule has 0 saturated carbocycles. The van der Waals surface area contributed by atoms with E-state index in [1.54, 1.807) is 13.2 Å². The van der Waals surface area contributed by atoms with Gasteiger partial charge in [-0.15, -0.1) is 0 Å². The molecule has 0 unspecified atom stereocenters. The van der Waals surface area contributed by atoms with Gasteiger partial charge >= 0.3 is 0 Å². The number of Topliss-reactive ketones (excluding diaryl/α,β-unsaturated/α-hetero) is 1. The number of carbonyl (C=O) groups is 1. The fourth-order valence-electron chi connectivity index (χ4n) is 3.27. The molecule has 1 aromatic heterocycles. The third-order valence-corrected chi connectivity index (χ3v) is 5.06. The minimum Gasteiger partial charge on any atom is -0.385 e. The number of benzene rings is 1. The third-order valence-electron chi connectivity index (χ3n) is 5.06. The minimum absolute atomic E-state index is 0.161. The molecule has 2 heterocycles. The van der Waals surface area contributed by atoms with Crippen molar-refractivity contribution in [2.75, 3.05) is 0 Å². The molecule has 0 bridgehead atoms. The Balaban J connectivity index is 2.01. The number of aromatic nitrogens is 2. The molecular weight excluding hydrogens is 376 g/mol. The van der Waals surface area contributed by atoms with Crippen molar-refractivity contribution in [3.63, 3.8) is 0 Å². The molecule has 2 N–H and O–H groups in total. The van der Waals surface area contributed by atoms with Crippen molar-refractivity contribution in [2.45, 2.75) is 43.8 Å². The van der Waals surface area contributed by atoms with Crippen molar-refractivity contribution in [3.05, 3.63) is 53.1 Å². The van der Waals surface area contributed by atoms with Crippen LogP contribution in [0.15, 0.2) is 35.5 Å². The molecule has 1 aromatic carbocycles. The van der Waals surface area contributed by atoms with Crippen LogP contribution in [0.3, 0.4) is 0 Å². The predicted octanol–water partition coefficient (Wildman–Crippen LogP) is 3.32. The molecule has 0 aliphatic carbocycles. The number of hydrogen-bond acceptors (Lipinski definition) is 4. The maximum Gasteiger partial charge on any atom is 0.280 e. The van der Waals surface area contributed by atoms with Crippen molar-refractivity contribution in [1.29, 1.82) is 0 Å². The lowest BCUT2D eigenvalue weighted by molar-refractivity contribution is -0.106. The lowest BCUT2D eigenvalue weighted by atomic mass is 9.77. The van der Waals surface area contributed by atoms with E-state index >= 15 is 0 Å². The largest absolute Gasteiger partial charge is 0.385 e. The fraction of sp³-hybridized carbons (Fsp3) is 0.421. The number of hydrogen-bond donors (Lipinski definition) is 1. The van der Waals surface area contributed by atoms with Crippen LogP contribution in [-0.4, -0.2) is 33.0 Å². The standard InChI is InChI=1S/C19H20F4N4O/c1-17(21)10-19(22,23)18(2,25-16(17)24)12-8-11(4-5-13(12)20)9-15(28)14-6-7-27(3)26-14/h4-8H,9-10H2,1-3H3,(H2,24,25)/t17-,18-/m1/s1. The van der Waals surface area contributed by atoms with Gasteiger partial charge in [-0.2, -0.15) is 5.10 Å². The van der Waals surface area contributed by atoms with Gasteiger partial charge in [0, 0.05) is 25.2 Å². The molecular formula is C19H20F4N4O. The Morgan fingerprint density at radius 3 is 2.54 bits per heavy atom. The average molecular weight is 396 g/mol. The Labute approximate surface area is 159 Å². The molecule has 0 fully saturated rings. The van der Waals surface area contributed by atoms with E-state index in [9.17, 15) is 22.4 Å². The highest BCUT2D eigenvalue weighted by Gasteiger charge is 2.60. The topological polar surface area (TPSA) is 73.3 Å². The second kappa shape index (κ2) is 6.42. The zero-order valence-corrected chi connectivity index (χ0v) is 15.6. The Morgan fingerprint density at radius 2 is 1.93 bits per heavy atom. The number of rotatable bonds is 4. The van der Waals surface area contributed by atoms with Crippen molar-refractivity contribution >= 4 is 11.6 Å². The van der Waals surface area contributed by atoms with E-state index < -0.39 is 40.8 Å². The van der Waals surface area contributed by atoms with Gasteiger partial charge in [0.1, 0.15) is 17.3 Å². The summed E-state index contributed by atoms with van der Waals surface area (Å²) in [5.41, 5.74) is 0.738. The van der Waals surface area contributed by atoms with E-state index in [1.807, 2.05) is 0 Å². The number of ketones is 1. The SMILES string of the molecule is Cn1ccc(C(=O)Cc2ccc(F)c([C@@]3(C)N=C(N)[C@](C)(F)CC3(F)F)c2)n1. The summed E-state index contributed by atoms with van der Waals surface area (Å²) in [6.07, 6.45) is 0.215. The van der Waals surface area contributed by atoms with Crippen LogP contribution in [0.1, 0.15) is 41.9 Å². The third kappa shape index (κ3) is 3.29. The smallest absolute Gasteiger partial charge is 0.280 e. The van der Waals surface area contributed by atoms with E-state index in [1.165, 1.54) is 16.8 Å². The van der Waals surface area contributed by atoms with Crippen LogP contribution in [0.25, 0.3) is 0 Å². The van der Waals surface area contributed by atoms with E-state index in [0.29, 0.717) is 5.56 Å². The molecule has 9 heteroatoms. The van der Waals surface area contributed by atoms with Crippen LogP contribution in [0.5, 0.6) is 0 Å². The second-order valence-electron chi connectivity index (χ2n) is 7.44. The fourth-order valence-corrected chi connectivity index (χ4v) is 3.27. The maximum atomic E-state index is 14.8. The lowest BCUT2D eigenvalue weighted by Crippen LogP contribution is -2.56. The van der Waals surface area contributed by atoms with Gasteiger partial charge in [0.15, 0.2) is 17.0 Å². The van der Waals surface area contributed by atoms with Crippen LogP contribution in [-0.2, 0) is 19.0 Å². The molecule has 2 atom stereocenters.